The van der Waals surface area contributed by atoms with Gasteiger partial charge >= 0.3 is 12.3 Å². The molecule has 3 aromatic rings. The molecule has 240 valence electrons. The lowest BCUT2D eigenvalue weighted by atomic mass is 10.1. The number of hydrogen-bond acceptors (Lipinski definition) is 8. The van der Waals surface area contributed by atoms with Crippen molar-refractivity contribution in [2.75, 3.05) is 31.7 Å². The van der Waals surface area contributed by atoms with Crippen molar-refractivity contribution in [2.45, 2.75) is 64.4 Å². The van der Waals surface area contributed by atoms with Gasteiger partial charge in [0.25, 0.3) is 0 Å². The predicted molar refractivity (Wildman–Crippen MR) is 160 cm³/mol. The average molecular weight is 658 g/mol. The Morgan fingerprint density at radius 3 is 2.41 bits per heavy atom. The smallest absolute Gasteiger partial charge is 0.420 e. The summed E-state index contributed by atoms with van der Waals surface area (Å²) in [5.74, 6) is -0.0224. The van der Waals surface area contributed by atoms with Crippen LogP contribution in [0.1, 0.15) is 57.7 Å². The number of piperidine rings is 1. The summed E-state index contributed by atoms with van der Waals surface area (Å²) in [7, 11) is -1.71. The SMILES string of the molecule is CC(c1ccc(-n2cnc(-c3nc(NC4CCN(S(C)(=O)=O)CC4)ncc3C(F)(F)F)c2)c(Cl)c1)N(C)C(=O)OC(C)(C)C. The van der Waals surface area contributed by atoms with E-state index in [1.54, 1.807) is 46.0 Å². The fourth-order valence-electron chi connectivity index (χ4n) is 4.65. The van der Waals surface area contributed by atoms with Crippen LogP contribution in [0.3, 0.4) is 0 Å². The van der Waals surface area contributed by atoms with Gasteiger partial charge in [0.05, 0.1) is 23.0 Å². The Labute approximate surface area is 259 Å². The van der Waals surface area contributed by atoms with Gasteiger partial charge in [0, 0.05) is 38.6 Å². The summed E-state index contributed by atoms with van der Waals surface area (Å²) in [6.07, 6.45) is 0.227. The quantitative estimate of drug-likeness (QED) is 0.340. The lowest BCUT2D eigenvalue weighted by molar-refractivity contribution is -0.137. The summed E-state index contributed by atoms with van der Waals surface area (Å²) in [4.78, 5) is 26.2. The Bertz CT molecular complexity index is 1620. The zero-order valence-corrected chi connectivity index (χ0v) is 26.8. The minimum Gasteiger partial charge on any atom is -0.444 e. The largest absolute Gasteiger partial charge is 0.444 e. The minimum atomic E-state index is -4.74. The van der Waals surface area contributed by atoms with Crippen LogP contribution in [0, 0.1) is 0 Å². The third-order valence-corrected chi connectivity index (χ3v) is 8.78. The molecule has 11 nitrogen and oxygen atoms in total. The summed E-state index contributed by atoms with van der Waals surface area (Å²) < 4.78 is 73.7. The van der Waals surface area contributed by atoms with Crippen LogP contribution in [0.25, 0.3) is 17.1 Å². The molecule has 1 aliphatic heterocycles. The standard InChI is InChI=1S/C28H35ClF3N7O4S/c1-17(37(5)26(40)43-27(2,3)4)18-7-8-23(21(29)13-18)38-15-22(34-16-38)24-20(28(30,31)32)14-33-25(36-24)35-19-9-11-39(12-10-19)44(6,41)42/h7-8,13-17,19H,9-12H2,1-6H3,(H,33,35,36). The maximum atomic E-state index is 14.0. The Hall–Kier alpha value is -3.43. The van der Waals surface area contributed by atoms with E-state index in [2.05, 4.69) is 20.3 Å². The number of benzene rings is 1. The molecule has 1 saturated heterocycles. The molecule has 1 aliphatic rings. The van der Waals surface area contributed by atoms with Crippen molar-refractivity contribution in [1.82, 2.24) is 28.7 Å². The van der Waals surface area contributed by atoms with E-state index < -0.39 is 39.2 Å². The van der Waals surface area contributed by atoms with E-state index in [9.17, 15) is 26.4 Å². The number of carbonyl (C=O) groups is 1. The first-order chi connectivity index (χ1) is 20.3. The van der Waals surface area contributed by atoms with Crippen molar-refractivity contribution in [1.29, 1.82) is 0 Å². The first kappa shape index (κ1) is 33.5. The van der Waals surface area contributed by atoms with Crippen molar-refractivity contribution in [2.24, 2.45) is 0 Å². The van der Waals surface area contributed by atoms with Gasteiger partial charge in [0.2, 0.25) is 16.0 Å². The number of amides is 1. The number of sulfonamides is 1. The number of nitrogens with zero attached hydrogens (tertiary/aromatic N) is 6. The van der Waals surface area contributed by atoms with Crippen LogP contribution in [0.4, 0.5) is 23.9 Å². The van der Waals surface area contributed by atoms with Gasteiger partial charge in [0.1, 0.15) is 28.9 Å². The zero-order valence-electron chi connectivity index (χ0n) is 25.2. The number of ether oxygens (including phenoxy) is 1. The summed E-state index contributed by atoms with van der Waals surface area (Å²) in [5, 5.41) is 3.32. The molecular weight excluding hydrogens is 623 g/mol. The van der Waals surface area contributed by atoms with Gasteiger partial charge in [0.15, 0.2) is 0 Å². The molecule has 1 atom stereocenters. The number of hydrogen-bond donors (Lipinski definition) is 1. The third kappa shape index (κ3) is 7.99. The maximum absolute atomic E-state index is 14.0. The number of imidazole rings is 1. The fraction of sp³-hybridized carbons (Fsp3) is 0.500. The van der Waals surface area contributed by atoms with Crippen molar-refractivity contribution < 1.29 is 31.1 Å². The van der Waals surface area contributed by atoms with E-state index in [1.165, 1.54) is 26.3 Å². The van der Waals surface area contributed by atoms with Crippen molar-refractivity contribution in [3.05, 3.63) is 53.1 Å². The van der Waals surface area contributed by atoms with Gasteiger partial charge in [-0.05, 0) is 58.2 Å². The zero-order chi connectivity index (χ0) is 32.6. The van der Waals surface area contributed by atoms with Crippen molar-refractivity contribution >= 4 is 33.7 Å². The van der Waals surface area contributed by atoms with Crippen molar-refractivity contribution in [3.63, 3.8) is 0 Å². The molecule has 1 amide bonds. The van der Waals surface area contributed by atoms with Crippen LogP contribution < -0.4 is 5.32 Å². The fourth-order valence-corrected chi connectivity index (χ4v) is 5.81. The second-order valence-electron chi connectivity index (χ2n) is 11.7. The predicted octanol–water partition coefficient (Wildman–Crippen LogP) is 5.77. The van der Waals surface area contributed by atoms with E-state index in [1.807, 2.05) is 6.92 Å². The van der Waals surface area contributed by atoms with Crippen LogP contribution in [-0.2, 0) is 20.9 Å². The van der Waals surface area contributed by atoms with Crippen LogP contribution in [0.5, 0.6) is 0 Å². The minimum absolute atomic E-state index is 0.0224. The first-order valence-electron chi connectivity index (χ1n) is 13.8. The van der Waals surface area contributed by atoms with E-state index in [0.717, 1.165) is 11.8 Å². The molecule has 2 aromatic heterocycles. The number of anilines is 1. The molecule has 0 saturated carbocycles. The molecule has 4 rings (SSSR count). The second kappa shape index (κ2) is 12.5. The van der Waals surface area contributed by atoms with Crippen LogP contribution >= 0.6 is 11.6 Å². The summed E-state index contributed by atoms with van der Waals surface area (Å²) in [6.45, 7) is 7.71. The van der Waals surface area contributed by atoms with Crippen LogP contribution in [0.15, 0.2) is 36.9 Å². The number of alkyl halides is 3. The summed E-state index contributed by atoms with van der Waals surface area (Å²) in [5.41, 5.74) is -0.993. The number of halogens is 4. The van der Waals surface area contributed by atoms with Crippen LogP contribution in [0.2, 0.25) is 5.02 Å². The number of aromatic nitrogens is 4. The molecule has 44 heavy (non-hydrogen) atoms. The summed E-state index contributed by atoms with van der Waals surface area (Å²) in [6, 6.07) is 4.52. The van der Waals surface area contributed by atoms with Gasteiger partial charge in [-0.2, -0.15) is 13.2 Å². The van der Waals surface area contributed by atoms with Gasteiger partial charge in [-0.15, -0.1) is 0 Å². The first-order valence-corrected chi connectivity index (χ1v) is 16.0. The molecule has 3 heterocycles. The van der Waals surface area contributed by atoms with Gasteiger partial charge in [-0.3, -0.25) is 0 Å². The third-order valence-electron chi connectivity index (χ3n) is 7.17. The molecule has 0 radical (unpaired) electrons. The number of rotatable bonds is 7. The Balaban J connectivity index is 1.57. The molecule has 0 aliphatic carbocycles. The van der Waals surface area contributed by atoms with E-state index >= 15 is 0 Å². The molecule has 0 spiro atoms. The summed E-state index contributed by atoms with van der Waals surface area (Å²) >= 11 is 6.59. The lowest BCUT2D eigenvalue weighted by Crippen LogP contribution is -2.42. The average Bonchev–Trinajstić information content (AvgIpc) is 3.40. The second-order valence-corrected chi connectivity index (χ2v) is 14.1. The van der Waals surface area contributed by atoms with Gasteiger partial charge < -0.3 is 19.5 Å². The normalized spacial score (nSPS) is 16.0. The molecule has 0 bridgehead atoms. The highest BCUT2D eigenvalue weighted by Gasteiger charge is 2.36. The molecular formula is C28H35ClF3N7O4S. The highest BCUT2D eigenvalue weighted by atomic mass is 35.5. The molecule has 1 aromatic carbocycles. The molecule has 16 heteroatoms. The molecule has 1 fully saturated rings. The van der Waals surface area contributed by atoms with Crippen molar-refractivity contribution in [3.8, 4) is 17.1 Å². The molecule has 1 unspecified atom stereocenters. The van der Waals surface area contributed by atoms with E-state index in [-0.39, 0.29) is 41.8 Å². The highest BCUT2D eigenvalue weighted by Crippen LogP contribution is 2.36. The van der Waals surface area contributed by atoms with E-state index in [0.29, 0.717) is 24.7 Å². The monoisotopic (exact) mass is 657 g/mol. The van der Waals surface area contributed by atoms with E-state index in [4.69, 9.17) is 16.3 Å². The highest BCUT2D eigenvalue weighted by molar-refractivity contribution is 7.88. The van der Waals surface area contributed by atoms with Gasteiger partial charge in [-0.25, -0.2) is 32.5 Å². The maximum Gasteiger partial charge on any atom is 0.420 e. The Kier molecular flexibility index (Phi) is 9.52. The number of nitrogens with one attached hydrogen (secondary N) is 1. The van der Waals surface area contributed by atoms with Crippen LogP contribution in [-0.4, -0.2) is 81.3 Å². The number of carbonyl (C=O) groups excluding carboxylic acids is 1. The van der Waals surface area contributed by atoms with Gasteiger partial charge in [-0.1, -0.05) is 17.7 Å². The molecule has 1 N–H and O–H groups in total. The Morgan fingerprint density at radius 2 is 1.84 bits per heavy atom. The Morgan fingerprint density at radius 1 is 1.18 bits per heavy atom. The lowest BCUT2D eigenvalue weighted by Gasteiger charge is -2.30. The topological polar surface area (TPSA) is 123 Å².